The Labute approximate surface area is 136 Å². The highest BCUT2D eigenvalue weighted by atomic mass is 32.2. The Morgan fingerprint density at radius 3 is 2.65 bits per heavy atom. The first kappa shape index (κ1) is 17.6. The molecule has 128 valence electrons. The Morgan fingerprint density at radius 1 is 1.43 bits per heavy atom. The number of aryl methyl sites for hydroxylation is 1. The highest BCUT2D eigenvalue weighted by molar-refractivity contribution is 7.89. The van der Waals surface area contributed by atoms with E-state index in [1.807, 2.05) is 0 Å². The summed E-state index contributed by atoms with van der Waals surface area (Å²) in [7, 11) is -1.57. The molecule has 9 heteroatoms. The molecule has 1 fully saturated rings. The number of sulfonamides is 1. The highest BCUT2D eigenvalue weighted by Crippen LogP contribution is 2.19. The van der Waals surface area contributed by atoms with E-state index in [0.717, 1.165) is 0 Å². The third-order valence-electron chi connectivity index (χ3n) is 4.22. The summed E-state index contributed by atoms with van der Waals surface area (Å²) in [5, 5.41) is 10.5. The van der Waals surface area contributed by atoms with E-state index in [1.54, 1.807) is 31.9 Å². The zero-order valence-electron chi connectivity index (χ0n) is 13.7. The molecule has 0 aromatic carbocycles. The van der Waals surface area contributed by atoms with Gasteiger partial charge in [-0.05, 0) is 32.8 Å². The Balaban J connectivity index is 1.92. The summed E-state index contributed by atoms with van der Waals surface area (Å²) in [5.74, 6) is 0.0958. The number of rotatable bonds is 4. The van der Waals surface area contributed by atoms with E-state index >= 15 is 0 Å². The van der Waals surface area contributed by atoms with Crippen molar-refractivity contribution in [3.8, 4) is 0 Å². The molecule has 23 heavy (non-hydrogen) atoms. The number of hydrogen-bond acceptors (Lipinski definition) is 5. The molecule has 0 aliphatic carbocycles. The van der Waals surface area contributed by atoms with Gasteiger partial charge >= 0.3 is 6.03 Å². The van der Waals surface area contributed by atoms with E-state index in [4.69, 9.17) is 0 Å². The molecule has 2 heterocycles. The summed E-state index contributed by atoms with van der Waals surface area (Å²) in [5.41, 5.74) is 1.29. The monoisotopic (exact) mass is 341 g/mol. The van der Waals surface area contributed by atoms with E-state index in [1.165, 1.54) is 10.5 Å². The molecule has 1 N–H and O–H groups in total. The van der Waals surface area contributed by atoms with Crippen LogP contribution in [-0.2, 0) is 10.0 Å². The van der Waals surface area contributed by atoms with E-state index in [9.17, 15) is 13.2 Å². The summed E-state index contributed by atoms with van der Waals surface area (Å²) in [6.07, 6.45) is 2.80. The molecule has 1 aliphatic heterocycles. The molecule has 0 bridgehead atoms. The van der Waals surface area contributed by atoms with Crippen LogP contribution < -0.4 is 5.32 Å². The highest BCUT2D eigenvalue weighted by Gasteiger charge is 2.30. The van der Waals surface area contributed by atoms with E-state index in [0.29, 0.717) is 37.3 Å². The number of carbonyl (C=O) groups is 1. The maximum absolute atomic E-state index is 12.3. The standard InChI is InChI=1S/C14H23N5O3S/c1-4-23(21,22)18(3)12-6-9-19(10-7-12)14(20)16-13-5-8-15-17-11(13)2/h5,8,12H,4,6-7,9-10H2,1-3H3,(H,15,16,20). The Bertz CT molecular complexity index is 656. The lowest BCUT2D eigenvalue weighted by atomic mass is 10.1. The number of anilines is 1. The second-order valence-corrected chi connectivity index (χ2v) is 7.91. The molecule has 0 radical (unpaired) electrons. The SMILES string of the molecule is CCS(=O)(=O)N(C)C1CCN(C(=O)Nc2ccnnc2C)CC1. The van der Waals surface area contributed by atoms with Crippen LogP contribution in [-0.4, -0.2) is 65.8 Å². The van der Waals surface area contributed by atoms with E-state index in [2.05, 4.69) is 15.5 Å². The van der Waals surface area contributed by atoms with Crippen LogP contribution >= 0.6 is 0 Å². The number of aromatic nitrogens is 2. The van der Waals surface area contributed by atoms with Crippen molar-refractivity contribution in [3.05, 3.63) is 18.0 Å². The minimum atomic E-state index is -3.19. The van der Waals surface area contributed by atoms with Gasteiger partial charge in [0.1, 0.15) is 0 Å². The predicted molar refractivity (Wildman–Crippen MR) is 87.6 cm³/mol. The molecule has 1 aromatic heterocycles. The molecule has 1 aromatic rings. The normalized spacial score (nSPS) is 16.6. The number of piperidine rings is 1. The van der Waals surface area contributed by atoms with Gasteiger partial charge in [-0.15, -0.1) is 0 Å². The lowest BCUT2D eigenvalue weighted by molar-refractivity contribution is 0.174. The van der Waals surface area contributed by atoms with Crippen molar-refractivity contribution in [2.75, 3.05) is 31.2 Å². The number of carbonyl (C=O) groups excluding carboxylic acids is 1. The number of likely N-dealkylation sites (tertiary alicyclic amines) is 1. The number of hydrogen-bond donors (Lipinski definition) is 1. The summed E-state index contributed by atoms with van der Waals surface area (Å²) in [6, 6.07) is 1.46. The van der Waals surface area contributed by atoms with E-state index in [-0.39, 0.29) is 17.8 Å². The zero-order chi connectivity index (χ0) is 17.0. The molecule has 0 unspecified atom stereocenters. The smallest absolute Gasteiger partial charge is 0.321 e. The van der Waals surface area contributed by atoms with Crippen LogP contribution in [0.2, 0.25) is 0 Å². The molecule has 0 spiro atoms. The fraction of sp³-hybridized carbons (Fsp3) is 0.643. The van der Waals surface area contributed by atoms with Gasteiger partial charge in [0.15, 0.2) is 0 Å². The molecule has 0 saturated carbocycles. The topological polar surface area (TPSA) is 95.5 Å². The largest absolute Gasteiger partial charge is 0.324 e. The van der Waals surface area contributed by atoms with Crippen molar-refractivity contribution in [3.63, 3.8) is 0 Å². The van der Waals surface area contributed by atoms with Crippen molar-refractivity contribution >= 4 is 21.7 Å². The van der Waals surface area contributed by atoms with E-state index < -0.39 is 10.0 Å². The first-order valence-electron chi connectivity index (χ1n) is 7.65. The summed E-state index contributed by atoms with van der Waals surface area (Å²) >= 11 is 0. The van der Waals surface area contributed by atoms with Crippen LogP contribution in [0.25, 0.3) is 0 Å². The van der Waals surface area contributed by atoms with Gasteiger partial charge in [-0.25, -0.2) is 17.5 Å². The van der Waals surface area contributed by atoms with Gasteiger partial charge < -0.3 is 10.2 Å². The third kappa shape index (κ3) is 4.17. The number of urea groups is 1. The lowest BCUT2D eigenvalue weighted by Gasteiger charge is -2.36. The minimum absolute atomic E-state index is 0.0478. The van der Waals surface area contributed by atoms with Crippen LogP contribution in [0, 0.1) is 6.92 Å². The second kappa shape index (κ2) is 7.22. The maximum Gasteiger partial charge on any atom is 0.321 e. The Hall–Kier alpha value is -1.74. The first-order valence-corrected chi connectivity index (χ1v) is 9.26. The Morgan fingerprint density at radius 2 is 2.09 bits per heavy atom. The van der Waals surface area contributed by atoms with Crippen molar-refractivity contribution in [2.45, 2.75) is 32.7 Å². The lowest BCUT2D eigenvalue weighted by Crippen LogP contribution is -2.48. The molecule has 1 saturated heterocycles. The first-order chi connectivity index (χ1) is 10.8. The number of nitrogens with one attached hydrogen (secondary N) is 1. The quantitative estimate of drug-likeness (QED) is 0.883. The predicted octanol–water partition coefficient (Wildman–Crippen LogP) is 1.06. The van der Waals surface area contributed by atoms with Gasteiger partial charge in [-0.3, -0.25) is 0 Å². The van der Waals surface area contributed by atoms with Crippen molar-refractivity contribution < 1.29 is 13.2 Å². The van der Waals surface area contributed by atoms with Crippen LogP contribution in [0.1, 0.15) is 25.5 Å². The van der Waals surface area contributed by atoms with Crippen LogP contribution in [0.3, 0.4) is 0 Å². The molecular formula is C14H23N5O3S. The van der Waals surface area contributed by atoms with Crippen molar-refractivity contribution in [1.82, 2.24) is 19.4 Å². The molecule has 1 aliphatic rings. The van der Waals surface area contributed by atoms with Gasteiger partial charge in [-0.1, -0.05) is 0 Å². The van der Waals surface area contributed by atoms with Gasteiger partial charge in [0.05, 0.1) is 23.3 Å². The van der Waals surface area contributed by atoms with Crippen LogP contribution in [0.4, 0.5) is 10.5 Å². The fourth-order valence-corrected chi connectivity index (χ4v) is 3.66. The molecule has 2 amide bonds. The van der Waals surface area contributed by atoms with Gasteiger partial charge in [0.25, 0.3) is 0 Å². The summed E-state index contributed by atoms with van der Waals surface area (Å²) < 4.78 is 25.3. The van der Waals surface area contributed by atoms with Crippen LogP contribution in [0.15, 0.2) is 12.3 Å². The number of nitrogens with zero attached hydrogens (tertiary/aromatic N) is 4. The average molecular weight is 341 g/mol. The fourth-order valence-electron chi connectivity index (χ4n) is 2.59. The molecule has 8 nitrogen and oxygen atoms in total. The summed E-state index contributed by atoms with van der Waals surface area (Å²) in [6.45, 7) is 4.47. The maximum atomic E-state index is 12.3. The average Bonchev–Trinajstić information content (AvgIpc) is 2.56. The van der Waals surface area contributed by atoms with Crippen molar-refractivity contribution in [2.24, 2.45) is 0 Å². The minimum Gasteiger partial charge on any atom is -0.324 e. The van der Waals surface area contributed by atoms with Crippen LogP contribution in [0.5, 0.6) is 0 Å². The summed E-state index contributed by atoms with van der Waals surface area (Å²) in [4.78, 5) is 14.0. The van der Waals surface area contributed by atoms with Gasteiger partial charge in [0, 0.05) is 26.2 Å². The third-order valence-corrected chi connectivity index (χ3v) is 6.12. The molecular weight excluding hydrogens is 318 g/mol. The van der Waals surface area contributed by atoms with Gasteiger partial charge in [0.2, 0.25) is 10.0 Å². The number of amides is 2. The molecule has 0 atom stereocenters. The zero-order valence-corrected chi connectivity index (χ0v) is 14.5. The Kier molecular flexibility index (Phi) is 5.53. The van der Waals surface area contributed by atoms with Gasteiger partial charge in [-0.2, -0.15) is 10.2 Å². The van der Waals surface area contributed by atoms with Crippen molar-refractivity contribution in [1.29, 1.82) is 0 Å². The molecule has 2 rings (SSSR count). The second-order valence-electron chi connectivity index (χ2n) is 5.60.